The molecule has 114 valence electrons. The molecule has 0 fully saturated rings. The molecule has 7 heteroatoms. The van der Waals surface area contributed by atoms with Crippen molar-refractivity contribution in [3.05, 3.63) is 23.8 Å². The average Bonchev–Trinajstić information content (AvgIpc) is 2.72. The maximum Gasteiger partial charge on any atom is 0.258 e. The summed E-state index contributed by atoms with van der Waals surface area (Å²) < 4.78 is 26.5. The third kappa shape index (κ3) is 2.94. The first-order chi connectivity index (χ1) is 9.68. The van der Waals surface area contributed by atoms with Crippen LogP contribution in [0.5, 0.6) is 0 Å². The van der Waals surface area contributed by atoms with Crippen molar-refractivity contribution < 1.29 is 13.8 Å². The highest BCUT2D eigenvalue weighted by atomic mass is 19.1. The van der Waals surface area contributed by atoms with Crippen LogP contribution in [-0.2, 0) is 23.0 Å². The van der Waals surface area contributed by atoms with Crippen LogP contribution in [-0.4, -0.2) is 34.0 Å². The molecule has 0 bridgehead atoms. The van der Waals surface area contributed by atoms with E-state index in [4.69, 9.17) is 9.39 Å². The van der Waals surface area contributed by atoms with Crippen LogP contribution < -0.4 is 0 Å². The molecule has 2 aromatic heterocycles. The van der Waals surface area contributed by atoms with Crippen molar-refractivity contribution in [3.63, 3.8) is 0 Å². The van der Waals surface area contributed by atoms with Crippen LogP contribution in [0.25, 0.3) is 11.0 Å². The van der Waals surface area contributed by atoms with Gasteiger partial charge in [-0.15, -0.1) is 0 Å². The lowest BCUT2D eigenvalue weighted by Crippen LogP contribution is -2.48. The molecule has 5 nitrogen and oxygen atoms in total. The normalized spacial score (nSPS) is 13.0. The lowest BCUT2D eigenvalue weighted by atomic mass is 9.88. The van der Waals surface area contributed by atoms with Crippen LogP contribution >= 0.6 is 0 Å². The molecular weight excluding hydrogens is 272 g/mol. The summed E-state index contributed by atoms with van der Waals surface area (Å²) in [4.78, 5) is 4.06. The first-order valence-corrected chi connectivity index (χ1v) is 6.84. The second kappa shape index (κ2) is 5.38. The predicted molar refractivity (Wildman–Crippen MR) is 81.0 cm³/mol. The average molecular weight is 293 g/mol. The minimum Gasteiger partial charge on any atom is -0.436 e. The smallest absolute Gasteiger partial charge is 0.258 e. The minimum atomic E-state index is -0.521. The van der Waals surface area contributed by atoms with E-state index in [1.165, 1.54) is 12.3 Å². The Labute approximate surface area is 124 Å². The highest BCUT2D eigenvalue weighted by Crippen LogP contribution is 2.30. The Morgan fingerprint density at radius 1 is 1.29 bits per heavy atom. The molecule has 0 aliphatic carbocycles. The molecule has 0 aliphatic heterocycles. The van der Waals surface area contributed by atoms with Crippen LogP contribution in [0.1, 0.15) is 33.4 Å². The van der Waals surface area contributed by atoms with Gasteiger partial charge < -0.3 is 9.39 Å². The number of rotatable bonds is 5. The molecule has 2 rings (SSSR count). The Balaban J connectivity index is 2.27. The van der Waals surface area contributed by atoms with Crippen molar-refractivity contribution in [3.8, 4) is 0 Å². The molecule has 0 amide bonds. The first kappa shape index (κ1) is 15.9. The number of aromatic nitrogens is 3. The topological polar surface area (TPSA) is 49.2 Å². The number of aryl methyl sites for hydroxylation is 1. The van der Waals surface area contributed by atoms with E-state index in [-0.39, 0.29) is 12.4 Å². The van der Waals surface area contributed by atoms with E-state index in [9.17, 15) is 4.39 Å². The largest absolute Gasteiger partial charge is 0.436 e. The van der Waals surface area contributed by atoms with E-state index in [0.717, 1.165) is 0 Å². The van der Waals surface area contributed by atoms with E-state index in [0.29, 0.717) is 16.7 Å². The van der Waals surface area contributed by atoms with Crippen molar-refractivity contribution in [2.24, 2.45) is 7.05 Å². The number of fused-ring (bicyclic) bond motifs is 1. The van der Waals surface area contributed by atoms with Crippen LogP contribution in [0.15, 0.2) is 12.3 Å². The fourth-order valence-electron chi connectivity index (χ4n) is 1.96. The number of halogens is 1. The standard InChI is InChI=1S/C14H21BFN3O2/c1-13(2,14(3,4)21-15)20-8-11-10-6-9(16)7-17-12(10)19(5)18-11/h6-7H,8,15H2,1-5H3. The molecule has 0 aromatic carbocycles. The molecule has 0 saturated carbocycles. The Morgan fingerprint density at radius 3 is 2.57 bits per heavy atom. The molecule has 0 radical (unpaired) electrons. The Morgan fingerprint density at radius 2 is 1.95 bits per heavy atom. The van der Waals surface area contributed by atoms with E-state index in [1.54, 1.807) is 19.8 Å². The van der Waals surface area contributed by atoms with E-state index in [2.05, 4.69) is 10.1 Å². The van der Waals surface area contributed by atoms with Gasteiger partial charge in [0.05, 0.1) is 29.7 Å². The summed E-state index contributed by atoms with van der Waals surface area (Å²) >= 11 is 0. The maximum absolute atomic E-state index is 13.4. The van der Waals surface area contributed by atoms with Crippen molar-refractivity contribution in [1.82, 2.24) is 14.8 Å². The highest BCUT2D eigenvalue weighted by molar-refractivity contribution is 5.98. The van der Waals surface area contributed by atoms with Gasteiger partial charge in [0.25, 0.3) is 8.05 Å². The monoisotopic (exact) mass is 293 g/mol. The first-order valence-electron chi connectivity index (χ1n) is 6.84. The van der Waals surface area contributed by atoms with Gasteiger partial charge in [0.2, 0.25) is 0 Å². The Bertz CT molecular complexity index is 655. The van der Waals surface area contributed by atoms with Crippen molar-refractivity contribution in [1.29, 1.82) is 0 Å². The summed E-state index contributed by atoms with van der Waals surface area (Å²) in [5, 5.41) is 5.03. The van der Waals surface area contributed by atoms with Crippen LogP contribution in [0.4, 0.5) is 4.39 Å². The summed E-state index contributed by atoms with van der Waals surface area (Å²) in [6, 6.07) is 1.43. The van der Waals surface area contributed by atoms with Gasteiger partial charge in [0, 0.05) is 12.4 Å². The quantitative estimate of drug-likeness (QED) is 0.788. The number of pyridine rings is 1. The lowest BCUT2D eigenvalue weighted by molar-refractivity contribution is -0.140. The zero-order chi connectivity index (χ0) is 15.8. The van der Waals surface area contributed by atoms with Gasteiger partial charge in [-0.1, -0.05) is 0 Å². The molecule has 0 spiro atoms. The van der Waals surface area contributed by atoms with E-state index >= 15 is 0 Å². The van der Waals surface area contributed by atoms with Crippen molar-refractivity contribution in [2.45, 2.75) is 45.5 Å². The summed E-state index contributed by atoms with van der Waals surface area (Å²) in [6.45, 7) is 8.11. The fourth-order valence-corrected chi connectivity index (χ4v) is 1.96. The second-order valence-electron chi connectivity index (χ2n) is 6.11. The van der Waals surface area contributed by atoms with Gasteiger partial charge in [-0.2, -0.15) is 5.10 Å². The predicted octanol–water partition coefficient (Wildman–Crippen LogP) is 1.75. The maximum atomic E-state index is 13.4. The lowest BCUT2D eigenvalue weighted by Gasteiger charge is -2.40. The minimum absolute atomic E-state index is 0.266. The summed E-state index contributed by atoms with van der Waals surface area (Å²) in [7, 11) is 3.43. The number of ether oxygens (including phenoxy) is 1. The molecule has 0 atom stereocenters. The van der Waals surface area contributed by atoms with E-state index in [1.807, 2.05) is 27.7 Å². The summed E-state index contributed by atoms with van der Waals surface area (Å²) in [5.74, 6) is -0.381. The van der Waals surface area contributed by atoms with Crippen LogP contribution in [0.2, 0.25) is 0 Å². The van der Waals surface area contributed by atoms with Gasteiger partial charge in [-0.3, -0.25) is 4.68 Å². The van der Waals surface area contributed by atoms with E-state index < -0.39 is 11.2 Å². The molecule has 21 heavy (non-hydrogen) atoms. The van der Waals surface area contributed by atoms with Crippen molar-refractivity contribution in [2.75, 3.05) is 0 Å². The molecule has 0 aliphatic rings. The SMILES string of the molecule is BOC(C)(C)C(C)(C)OCc1nn(C)c2ncc(F)cc12. The van der Waals surface area contributed by atoms with Gasteiger partial charge in [0.1, 0.15) is 5.82 Å². The zero-order valence-corrected chi connectivity index (χ0v) is 13.4. The summed E-state index contributed by atoms with van der Waals surface area (Å²) in [5.41, 5.74) is 0.325. The molecule has 0 N–H and O–H groups in total. The van der Waals surface area contributed by atoms with Gasteiger partial charge in [-0.25, -0.2) is 9.37 Å². The molecular formula is C14H21BFN3O2. The molecule has 2 heterocycles. The third-order valence-electron chi connectivity index (χ3n) is 4.25. The fraction of sp³-hybridized carbons (Fsp3) is 0.571. The van der Waals surface area contributed by atoms with Gasteiger partial charge in [-0.05, 0) is 33.8 Å². The van der Waals surface area contributed by atoms with Crippen LogP contribution in [0, 0.1) is 5.82 Å². The Hall–Kier alpha value is -1.47. The number of nitrogens with zero attached hydrogens (tertiary/aromatic N) is 3. The molecule has 0 unspecified atom stereocenters. The highest BCUT2D eigenvalue weighted by Gasteiger charge is 2.37. The summed E-state index contributed by atoms with van der Waals surface area (Å²) in [6.07, 6.45) is 1.19. The Kier molecular flexibility index (Phi) is 4.08. The molecule has 2 aromatic rings. The van der Waals surface area contributed by atoms with Crippen LogP contribution in [0.3, 0.4) is 0 Å². The van der Waals surface area contributed by atoms with Gasteiger partial charge >= 0.3 is 0 Å². The van der Waals surface area contributed by atoms with Gasteiger partial charge in [0.15, 0.2) is 5.65 Å². The second-order valence-corrected chi connectivity index (χ2v) is 6.11. The third-order valence-corrected chi connectivity index (χ3v) is 4.25. The molecule has 0 saturated heterocycles. The number of hydrogen-bond acceptors (Lipinski definition) is 4. The van der Waals surface area contributed by atoms with Crippen molar-refractivity contribution >= 4 is 19.1 Å². The number of hydrogen-bond donors (Lipinski definition) is 0. The zero-order valence-electron chi connectivity index (χ0n) is 13.4.